The molecule has 0 amide bonds. The molecule has 0 aromatic heterocycles. The van der Waals surface area contributed by atoms with Crippen LogP contribution in [0.5, 0.6) is 0 Å². The van der Waals surface area contributed by atoms with Gasteiger partial charge >= 0.3 is 0 Å². The van der Waals surface area contributed by atoms with E-state index in [2.05, 4.69) is 41.4 Å². The Morgan fingerprint density at radius 3 is 2.39 bits per heavy atom. The summed E-state index contributed by atoms with van der Waals surface area (Å²) in [6, 6.07) is 20.9. The normalized spacial score (nSPS) is 23.4. The van der Waals surface area contributed by atoms with E-state index in [0.717, 1.165) is 25.1 Å². The maximum Gasteiger partial charge on any atom is 0.0916 e. The minimum atomic E-state index is -0.401. The van der Waals surface area contributed by atoms with Gasteiger partial charge in [0.25, 0.3) is 0 Å². The summed E-state index contributed by atoms with van der Waals surface area (Å²) in [5.41, 5.74) is 2.20. The van der Waals surface area contributed by atoms with Crippen LogP contribution in [-0.4, -0.2) is 35.7 Å². The molecular formula is C20H26N2O. The molecule has 2 aromatic carbocycles. The van der Waals surface area contributed by atoms with Gasteiger partial charge in [-0.2, -0.15) is 0 Å². The average Bonchev–Trinajstić information content (AvgIpc) is 2.59. The Labute approximate surface area is 139 Å². The lowest BCUT2D eigenvalue weighted by atomic mass is 9.93. The second-order valence-electron chi connectivity index (χ2n) is 6.57. The molecule has 0 spiro atoms. The van der Waals surface area contributed by atoms with Crippen molar-refractivity contribution in [1.82, 2.24) is 4.90 Å². The third kappa shape index (κ3) is 4.34. The zero-order valence-corrected chi connectivity index (χ0v) is 13.7. The van der Waals surface area contributed by atoms with Crippen LogP contribution in [0.1, 0.15) is 25.0 Å². The zero-order valence-electron chi connectivity index (χ0n) is 13.7. The highest BCUT2D eigenvalue weighted by molar-refractivity contribution is 5.43. The molecule has 2 N–H and O–H groups in total. The monoisotopic (exact) mass is 310 g/mol. The number of likely N-dealkylation sites (tertiary alicyclic amines) is 1. The van der Waals surface area contributed by atoms with Gasteiger partial charge in [-0.05, 0) is 30.0 Å². The molecule has 0 saturated carbocycles. The number of hydrogen-bond donors (Lipinski definition) is 2. The quantitative estimate of drug-likeness (QED) is 0.886. The molecule has 3 heteroatoms. The summed E-state index contributed by atoms with van der Waals surface area (Å²) < 4.78 is 0. The number of nitrogens with zero attached hydrogens (tertiary/aromatic N) is 1. The highest BCUT2D eigenvalue weighted by Gasteiger charge is 2.27. The Hall–Kier alpha value is -1.84. The van der Waals surface area contributed by atoms with E-state index < -0.39 is 6.10 Å². The van der Waals surface area contributed by atoms with E-state index in [-0.39, 0.29) is 0 Å². The molecule has 0 aliphatic carbocycles. The van der Waals surface area contributed by atoms with Crippen molar-refractivity contribution in [2.24, 2.45) is 5.92 Å². The second kappa shape index (κ2) is 7.62. The molecule has 23 heavy (non-hydrogen) atoms. The van der Waals surface area contributed by atoms with Gasteiger partial charge < -0.3 is 10.4 Å². The Morgan fingerprint density at radius 1 is 1.09 bits per heavy atom. The number of β-amino-alcohol motifs (C(OH)–C–C–N with tert-alkyl or cyclic N) is 1. The third-order valence-electron chi connectivity index (χ3n) is 4.73. The number of aliphatic hydroxyl groups excluding tert-OH is 1. The minimum Gasteiger partial charge on any atom is -0.387 e. The van der Waals surface area contributed by atoms with Crippen molar-refractivity contribution in [3.8, 4) is 0 Å². The highest BCUT2D eigenvalue weighted by Crippen LogP contribution is 2.23. The molecule has 2 aromatic rings. The van der Waals surface area contributed by atoms with Gasteiger partial charge in [0.2, 0.25) is 0 Å². The lowest BCUT2D eigenvalue weighted by Gasteiger charge is -2.38. The number of nitrogens with one attached hydrogen (secondary N) is 1. The number of anilines is 1. The molecule has 3 atom stereocenters. The van der Waals surface area contributed by atoms with E-state index >= 15 is 0 Å². The van der Waals surface area contributed by atoms with Crippen LogP contribution in [0.15, 0.2) is 60.7 Å². The van der Waals surface area contributed by atoms with Crippen LogP contribution in [0, 0.1) is 5.92 Å². The fourth-order valence-corrected chi connectivity index (χ4v) is 3.39. The fourth-order valence-electron chi connectivity index (χ4n) is 3.39. The predicted molar refractivity (Wildman–Crippen MR) is 95.5 cm³/mol. The van der Waals surface area contributed by atoms with Crippen molar-refractivity contribution in [2.45, 2.75) is 25.5 Å². The smallest absolute Gasteiger partial charge is 0.0916 e. The molecule has 1 saturated heterocycles. The summed E-state index contributed by atoms with van der Waals surface area (Å²) in [5.74, 6) is 0.562. The molecule has 3 unspecified atom stereocenters. The summed E-state index contributed by atoms with van der Waals surface area (Å²) >= 11 is 0. The number of rotatable bonds is 5. The maximum absolute atomic E-state index is 10.4. The first-order chi connectivity index (χ1) is 11.2. The Balaban J connectivity index is 1.52. The van der Waals surface area contributed by atoms with E-state index in [9.17, 15) is 5.11 Å². The van der Waals surface area contributed by atoms with Gasteiger partial charge in [-0.15, -0.1) is 0 Å². The molecule has 0 radical (unpaired) electrons. The second-order valence-corrected chi connectivity index (χ2v) is 6.57. The molecule has 0 bridgehead atoms. The van der Waals surface area contributed by atoms with Gasteiger partial charge in [-0.25, -0.2) is 0 Å². The fraction of sp³-hybridized carbons (Fsp3) is 0.400. The largest absolute Gasteiger partial charge is 0.387 e. The average molecular weight is 310 g/mol. The van der Waals surface area contributed by atoms with Crippen molar-refractivity contribution in [2.75, 3.05) is 25.0 Å². The number of benzene rings is 2. The standard InChI is InChI=1S/C20H26N2O/c1-16-14-22(15-20(23)17-8-4-2-5-9-17)13-12-19(16)21-18-10-6-3-7-11-18/h2-11,16,19-21,23H,12-15H2,1H3. The summed E-state index contributed by atoms with van der Waals surface area (Å²) in [6.45, 7) is 5.06. The number of aliphatic hydroxyl groups is 1. The van der Waals surface area contributed by atoms with Gasteiger partial charge in [-0.3, -0.25) is 4.90 Å². The van der Waals surface area contributed by atoms with Crippen LogP contribution < -0.4 is 5.32 Å². The van der Waals surface area contributed by atoms with Crippen LogP contribution in [0.4, 0.5) is 5.69 Å². The van der Waals surface area contributed by atoms with Crippen molar-refractivity contribution in [3.05, 3.63) is 66.2 Å². The van der Waals surface area contributed by atoms with E-state index in [0.29, 0.717) is 18.5 Å². The Kier molecular flexibility index (Phi) is 5.31. The van der Waals surface area contributed by atoms with Crippen molar-refractivity contribution >= 4 is 5.69 Å². The highest BCUT2D eigenvalue weighted by atomic mass is 16.3. The van der Waals surface area contributed by atoms with Crippen LogP contribution in [-0.2, 0) is 0 Å². The Morgan fingerprint density at radius 2 is 1.74 bits per heavy atom. The summed E-state index contributed by atoms with van der Waals surface area (Å²) in [6.07, 6.45) is 0.708. The van der Waals surface area contributed by atoms with Crippen LogP contribution >= 0.6 is 0 Å². The lowest BCUT2D eigenvalue weighted by Crippen LogP contribution is -2.46. The van der Waals surface area contributed by atoms with Crippen molar-refractivity contribution < 1.29 is 5.11 Å². The van der Waals surface area contributed by atoms with Gasteiger partial charge in [0.05, 0.1) is 6.10 Å². The topological polar surface area (TPSA) is 35.5 Å². The van der Waals surface area contributed by atoms with Gasteiger partial charge in [-0.1, -0.05) is 55.5 Å². The van der Waals surface area contributed by atoms with E-state index in [1.54, 1.807) is 0 Å². The molecule has 122 valence electrons. The summed E-state index contributed by atoms with van der Waals surface area (Å²) in [5, 5.41) is 14.0. The minimum absolute atomic E-state index is 0.401. The number of hydrogen-bond acceptors (Lipinski definition) is 3. The molecule has 1 fully saturated rings. The first kappa shape index (κ1) is 16.0. The van der Waals surface area contributed by atoms with Crippen LogP contribution in [0.3, 0.4) is 0 Å². The predicted octanol–water partition coefficient (Wildman–Crippen LogP) is 3.54. The van der Waals surface area contributed by atoms with Crippen LogP contribution in [0.25, 0.3) is 0 Å². The first-order valence-corrected chi connectivity index (χ1v) is 8.49. The van der Waals surface area contributed by atoms with E-state index in [4.69, 9.17) is 0 Å². The zero-order chi connectivity index (χ0) is 16.1. The maximum atomic E-state index is 10.4. The number of para-hydroxylation sites is 1. The van der Waals surface area contributed by atoms with E-state index in [1.807, 2.05) is 36.4 Å². The van der Waals surface area contributed by atoms with Gasteiger partial charge in [0, 0.05) is 31.4 Å². The SMILES string of the molecule is CC1CN(CC(O)c2ccccc2)CCC1Nc1ccccc1. The lowest BCUT2D eigenvalue weighted by molar-refractivity contribution is 0.0837. The molecular weight excluding hydrogens is 284 g/mol. The van der Waals surface area contributed by atoms with E-state index in [1.165, 1.54) is 5.69 Å². The molecule has 3 rings (SSSR count). The first-order valence-electron chi connectivity index (χ1n) is 8.49. The molecule has 1 heterocycles. The van der Waals surface area contributed by atoms with Crippen molar-refractivity contribution in [3.63, 3.8) is 0 Å². The number of piperidine rings is 1. The van der Waals surface area contributed by atoms with Crippen LogP contribution in [0.2, 0.25) is 0 Å². The molecule has 1 aliphatic rings. The summed E-state index contributed by atoms with van der Waals surface area (Å²) in [4.78, 5) is 2.38. The Bertz CT molecular complexity index is 587. The van der Waals surface area contributed by atoms with Crippen molar-refractivity contribution in [1.29, 1.82) is 0 Å². The molecule has 3 nitrogen and oxygen atoms in total. The summed E-state index contributed by atoms with van der Waals surface area (Å²) in [7, 11) is 0. The van der Waals surface area contributed by atoms with Gasteiger partial charge in [0.1, 0.15) is 0 Å². The molecule has 1 aliphatic heterocycles. The third-order valence-corrected chi connectivity index (χ3v) is 4.73. The van der Waals surface area contributed by atoms with Gasteiger partial charge in [0.15, 0.2) is 0 Å².